The number of halogens is 1. The molecule has 0 aliphatic heterocycles. The van der Waals surface area contributed by atoms with E-state index in [0.29, 0.717) is 5.69 Å². The maximum atomic E-state index is 11.1. The molecule has 0 bridgehead atoms. The molecule has 0 spiro atoms. The SMILES string of the molecule is CSCC(C)Nc1cccc(Cl)c1C(=O)O. The molecule has 3 nitrogen and oxygen atoms in total. The third kappa shape index (κ3) is 3.32. The molecule has 0 amide bonds. The van der Waals surface area contributed by atoms with Crippen LogP contribution in [-0.4, -0.2) is 29.1 Å². The van der Waals surface area contributed by atoms with Crippen molar-refractivity contribution in [2.24, 2.45) is 0 Å². The Hall–Kier alpha value is -0.870. The van der Waals surface area contributed by atoms with E-state index in [2.05, 4.69) is 5.32 Å². The van der Waals surface area contributed by atoms with Gasteiger partial charge in [-0.3, -0.25) is 0 Å². The minimum atomic E-state index is -1.01. The number of carboxylic acids is 1. The number of thioether (sulfide) groups is 1. The van der Waals surface area contributed by atoms with Crippen LogP contribution in [0.2, 0.25) is 5.02 Å². The van der Waals surface area contributed by atoms with Crippen molar-refractivity contribution < 1.29 is 9.90 Å². The van der Waals surface area contributed by atoms with Gasteiger partial charge in [-0.05, 0) is 25.3 Å². The standard InChI is InChI=1S/C11H14ClNO2S/c1-7(6-16-2)13-9-5-3-4-8(12)10(9)11(14)15/h3-5,7,13H,6H2,1-2H3,(H,14,15). The molecule has 5 heteroatoms. The predicted octanol–water partition coefficient (Wildman–Crippen LogP) is 3.20. The van der Waals surface area contributed by atoms with Crippen LogP contribution in [0.4, 0.5) is 5.69 Å². The summed E-state index contributed by atoms with van der Waals surface area (Å²) < 4.78 is 0. The van der Waals surface area contributed by atoms with Crippen LogP contribution in [0.5, 0.6) is 0 Å². The smallest absolute Gasteiger partial charge is 0.339 e. The second kappa shape index (κ2) is 6.01. The van der Waals surface area contributed by atoms with E-state index in [1.54, 1.807) is 30.0 Å². The molecule has 16 heavy (non-hydrogen) atoms. The Bertz CT molecular complexity index is 384. The summed E-state index contributed by atoms with van der Waals surface area (Å²) >= 11 is 7.56. The minimum Gasteiger partial charge on any atom is -0.478 e. The zero-order valence-corrected chi connectivity index (χ0v) is 10.7. The van der Waals surface area contributed by atoms with Crippen LogP contribution in [-0.2, 0) is 0 Å². The molecule has 1 aromatic carbocycles. The molecular weight excluding hydrogens is 246 g/mol. The number of hydrogen-bond donors (Lipinski definition) is 2. The van der Waals surface area contributed by atoms with Gasteiger partial charge in [-0.2, -0.15) is 11.8 Å². The van der Waals surface area contributed by atoms with Crippen molar-refractivity contribution >= 4 is 35.0 Å². The number of anilines is 1. The first-order valence-electron chi connectivity index (χ1n) is 4.83. The Morgan fingerprint density at radius 2 is 2.31 bits per heavy atom. The number of benzene rings is 1. The third-order valence-electron chi connectivity index (χ3n) is 2.05. The first kappa shape index (κ1) is 13.2. The van der Waals surface area contributed by atoms with Crippen LogP contribution in [0.3, 0.4) is 0 Å². The number of carboxylic acid groups (broad SMARTS) is 1. The van der Waals surface area contributed by atoms with Gasteiger partial charge in [0.2, 0.25) is 0 Å². The zero-order valence-electron chi connectivity index (χ0n) is 9.16. The van der Waals surface area contributed by atoms with Crippen molar-refractivity contribution in [1.82, 2.24) is 0 Å². The molecule has 0 fully saturated rings. The Balaban J connectivity index is 2.95. The van der Waals surface area contributed by atoms with Crippen LogP contribution in [0.15, 0.2) is 18.2 Å². The van der Waals surface area contributed by atoms with Crippen molar-refractivity contribution in [3.05, 3.63) is 28.8 Å². The molecule has 1 aromatic rings. The fraction of sp³-hybridized carbons (Fsp3) is 0.364. The summed E-state index contributed by atoms with van der Waals surface area (Å²) in [7, 11) is 0. The minimum absolute atomic E-state index is 0.136. The maximum Gasteiger partial charge on any atom is 0.339 e. The van der Waals surface area contributed by atoms with Crippen molar-refractivity contribution in [2.75, 3.05) is 17.3 Å². The van der Waals surface area contributed by atoms with Crippen LogP contribution >= 0.6 is 23.4 Å². The first-order chi connectivity index (χ1) is 7.56. The molecule has 0 aliphatic carbocycles. The van der Waals surface area contributed by atoms with Crippen LogP contribution in [0.25, 0.3) is 0 Å². The summed E-state index contributed by atoms with van der Waals surface area (Å²) in [6.07, 6.45) is 2.01. The average molecular weight is 260 g/mol. The van der Waals surface area contributed by atoms with Gasteiger partial charge in [-0.25, -0.2) is 4.79 Å². The van der Waals surface area contributed by atoms with Crippen LogP contribution in [0, 0.1) is 0 Å². The number of rotatable bonds is 5. The molecule has 88 valence electrons. The molecule has 0 saturated carbocycles. The normalized spacial score (nSPS) is 12.2. The lowest BCUT2D eigenvalue weighted by molar-refractivity contribution is 0.0698. The topological polar surface area (TPSA) is 49.3 Å². The van der Waals surface area contributed by atoms with E-state index in [0.717, 1.165) is 5.75 Å². The van der Waals surface area contributed by atoms with Gasteiger partial charge in [0.25, 0.3) is 0 Å². The molecular formula is C11H14ClNO2S. The van der Waals surface area contributed by atoms with E-state index in [9.17, 15) is 4.79 Å². The quantitative estimate of drug-likeness (QED) is 0.853. The molecule has 0 heterocycles. The largest absolute Gasteiger partial charge is 0.478 e. The van der Waals surface area contributed by atoms with Gasteiger partial charge in [-0.15, -0.1) is 0 Å². The van der Waals surface area contributed by atoms with E-state index in [4.69, 9.17) is 16.7 Å². The molecule has 0 radical (unpaired) electrons. The highest BCUT2D eigenvalue weighted by molar-refractivity contribution is 7.98. The number of carbonyl (C=O) groups is 1. The van der Waals surface area contributed by atoms with E-state index in [1.807, 2.05) is 13.2 Å². The van der Waals surface area contributed by atoms with E-state index in [-0.39, 0.29) is 16.6 Å². The molecule has 1 rings (SSSR count). The predicted molar refractivity (Wildman–Crippen MR) is 69.9 cm³/mol. The van der Waals surface area contributed by atoms with Gasteiger partial charge in [0, 0.05) is 11.8 Å². The summed E-state index contributed by atoms with van der Waals surface area (Å²) in [6, 6.07) is 5.25. The Kier molecular flexibility index (Phi) is 4.96. The summed E-state index contributed by atoms with van der Waals surface area (Å²) in [4.78, 5) is 11.1. The molecule has 1 atom stereocenters. The van der Waals surface area contributed by atoms with E-state index < -0.39 is 5.97 Å². The molecule has 1 unspecified atom stereocenters. The van der Waals surface area contributed by atoms with Crippen LogP contribution < -0.4 is 5.32 Å². The maximum absolute atomic E-state index is 11.1. The number of aromatic carboxylic acids is 1. The van der Waals surface area contributed by atoms with Crippen LogP contribution in [0.1, 0.15) is 17.3 Å². The lowest BCUT2D eigenvalue weighted by Crippen LogP contribution is -2.19. The van der Waals surface area contributed by atoms with Gasteiger partial charge in [0.15, 0.2) is 0 Å². The molecule has 0 aliphatic rings. The molecule has 0 saturated heterocycles. The van der Waals surface area contributed by atoms with Gasteiger partial charge in [0.05, 0.1) is 10.7 Å². The summed E-state index contributed by atoms with van der Waals surface area (Å²) in [5.41, 5.74) is 0.707. The fourth-order valence-electron chi connectivity index (χ4n) is 1.42. The summed E-state index contributed by atoms with van der Waals surface area (Å²) in [5.74, 6) is -0.101. The van der Waals surface area contributed by atoms with Gasteiger partial charge < -0.3 is 10.4 Å². The van der Waals surface area contributed by atoms with Crippen molar-refractivity contribution in [1.29, 1.82) is 0 Å². The second-order valence-corrected chi connectivity index (χ2v) is 4.79. The van der Waals surface area contributed by atoms with E-state index >= 15 is 0 Å². The summed E-state index contributed by atoms with van der Waals surface area (Å²) in [5, 5.41) is 12.5. The number of nitrogens with one attached hydrogen (secondary N) is 1. The Morgan fingerprint density at radius 1 is 1.62 bits per heavy atom. The average Bonchev–Trinajstić information content (AvgIpc) is 2.17. The lowest BCUT2D eigenvalue weighted by atomic mass is 10.1. The van der Waals surface area contributed by atoms with Crippen molar-refractivity contribution in [2.45, 2.75) is 13.0 Å². The zero-order chi connectivity index (χ0) is 12.1. The molecule has 2 N–H and O–H groups in total. The summed E-state index contributed by atoms with van der Waals surface area (Å²) in [6.45, 7) is 2.00. The van der Waals surface area contributed by atoms with Crippen molar-refractivity contribution in [3.8, 4) is 0 Å². The Labute approximate surface area is 104 Å². The highest BCUT2D eigenvalue weighted by Gasteiger charge is 2.15. The lowest BCUT2D eigenvalue weighted by Gasteiger charge is -2.16. The van der Waals surface area contributed by atoms with E-state index in [1.165, 1.54) is 0 Å². The number of hydrogen-bond acceptors (Lipinski definition) is 3. The Morgan fingerprint density at radius 3 is 2.88 bits per heavy atom. The third-order valence-corrected chi connectivity index (χ3v) is 3.19. The van der Waals surface area contributed by atoms with Gasteiger partial charge in [-0.1, -0.05) is 17.7 Å². The van der Waals surface area contributed by atoms with Gasteiger partial charge >= 0.3 is 5.97 Å². The monoisotopic (exact) mass is 259 g/mol. The van der Waals surface area contributed by atoms with Gasteiger partial charge in [0.1, 0.15) is 5.56 Å². The highest BCUT2D eigenvalue weighted by Crippen LogP contribution is 2.25. The highest BCUT2D eigenvalue weighted by atomic mass is 35.5. The fourth-order valence-corrected chi connectivity index (χ4v) is 2.26. The van der Waals surface area contributed by atoms with Crippen molar-refractivity contribution in [3.63, 3.8) is 0 Å². The first-order valence-corrected chi connectivity index (χ1v) is 6.60. The second-order valence-electron chi connectivity index (χ2n) is 3.47. The molecule has 0 aromatic heterocycles.